The maximum absolute atomic E-state index is 8.50. The van der Waals surface area contributed by atoms with E-state index in [0.717, 1.165) is 12.1 Å². The molecule has 1 N–H and O–H groups in total. The fraction of sp³-hybridized carbons (Fsp3) is 0.455. The van der Waals surface area contributed by atoms with Gasteiger partial charge in [0.25, 0.3) is 0 Å². The standard InChI is InChI=1S/C11H15N3O/c1-9(3-5-12)14-8-10-4-6-13-11(7-10)15-2/h4,6-7,9,14H,3,8H2,1-2H3. The number of methoxy groups -OCH3 is 1. The van der Waals surface area contributed by atoms with Crippen LogP contribution in [-0.2, 0) is 6.54 Å². The molecule has 15 heavy (non-hydrogen) atoms. The van der Waals surface area contributed by atoms with E-state index < -0.39 is 0 Å². The highest BCUT2D eigenvalue weighted by atomic mass is 16.5. The summed E-state index contributed by atoms with van der Waals surface area (Å²) in [6.07, 6.45) is 2.23. The van der Waals surface area contributed by atoms with Crippen LogP contribution in [0.25, 0.3) is 0 Å². The van der Waals surface area contributed by atoms with Crippen LogP contribution in [-0.4, -0.2) is 18.1 Å². The number of hydrogen-bond donors (Lipinski definition) is 1. The van der Waals surface area contributed by atoms with Gasteiger partial charge in [-0.15, -0.1) is 0 Å². The van der Waals surface area contributed by atoms with E-state index in [1.807, 2.05) is 19.1 Å². The molecule has 0 amide bonds. The first-order valence-electron chi connectivity index (χ1n) is 4.85. The van der Waals surface area contributed by atoms with Crippen molar-refractivity contribution in [3.63, 3.8) is 0 Å². The molecule has 1 aromatic heterocycles. The molecule has 0 saturated carbocycles. The lowest BCUT2D eigenvalue weighted by atomic mass is 10.2. The monoisotopic (exact) mass is 205 g/mol. The molecule has 0 radical (unpaired) electrons. The maximum Gasteiger partial charge on any atom is 0.213 e. The van der Waals surface area contributed by atoms with Crippen LogP contribution in [0.1, 0.15) is 18.9 Å². The summed E-state index contributed by atoms with van der Waals surface area (Å²) in [6, 6.07) is 6.14. The fourth-order valence-corrected chi connectivity index (χ4v) is 1.17. The predicted molar refractivity (Wildman–Crippen MR) is 57.3 cm³/mol. The number of ether oxygens (including phenoxy) is 1. The summed E-state index contributed by atoms with van der Waals surface area (Å²) < 4.78 is 5.02. The minimum Gasteiger partial charge on any atom is -0.481 e. The molecule has 1 unspecified atom stereocenters. The Morgan fingerprint density at radius 2 is 2.47 bits per heavy atom. The second-order valence-corrected chi connectivity index (χ2v) is 3.35. The lowest BCUT2D eigenvalue weighted by Gasteiger charge is -2.10. The molecule has 4 nitrogen and oxygen atoms in total. The Kier molecular flexibility index (Phi) is 4.58. The van der Waals surface area contributed by atoms with E-state index in [9.17, 15) is 0 Å². The summed E-state index contributed by atoms with van der Waals surface area (Å²) in [5.41, 5.74) is 1.10. The Bertz CT molecular complexity index is 346. The largest absolute Gasteiger partial charge is 0.481 e. The predicted octanol–water partition coefficient (Wildman–Crippen LogP) is 1.48. The van der Waals surface area contributed by atoms with Crippen LogP contribution in [0.4, 0.5) is 0 Å². The van der Waals surface area contributed by atoms with E-state index in [-0.39, 0.29) is 6.04 Å². The molecule has 0 aliphatic carbocycles. The highest BCUT2D eigenvalue weighted by Gasteiger charge is 2.01. The summed E-state index contributed by atoms with van der Waals surface area (Å²) in [5, 5.41) is 11.7. The lowest BCUT2D eigenvalue weighted by molar-refractivity contribution is 0.397. The van der Waals surface area contributed by atoms with Crippen LogP contribution in [0.3, 0.4) is 0 Å². The Hall–Kier alpha value is -1.60. The van der Waals surface area contributed by atoms with Crippen molar-refractivity contribution in [3.05, 3.63) is 23.9 Å². The van der Waals surface area contributed by atoms with Crippen molar-refractivity contribution >= 4 is 0 Å². The van der Waals surface area contributed by atoms with Gasteiger partial charge in [-0.05, 0) is 18.6 Å². The molecule has 80 valence electrons. The maximum atomic E-state index is 8.50. The summed E-state index contributed by atoms with van der Waals surface area (Å²) >= 11 is 0. The smallest absolute Gasteiger partial charge is 0.213 e. The van der Waals surface area contributed by atoms with Crippen molar-refractivity contribution in [1.29, 1.82) is 5.26 Å². The zero-order valence-electron chi connectivity index (χ0n) is 9.03. The van der Waals surface area contributed by atoms with Crippen LogP contribution in [0, 0.1) is 11.3 Å². The molecule has 0 fully saturated rings. The van der Waals surface area contributed by atoms with E-state index in [1.165, 1.54) is 0 Å². The zero-order valence-corrected chi connectivity index (χ0v) is 9.03. The normalized spacial score (nSPS) is 11.8. The molecule has 0 aliphatic heterocycles. The lowest BCUT2D eigenvalue weighted by Crippen LogP contribution is -2.24. The molecule has 0 saturated heterocycles. The van der Waals surface area contributed by atoms with E-state index in [2.05, 4.69) is 16.4 Å². The molecule has 0 aliphatic rings. The summed E-state index contributed by atoms with van der Waals surface area (Å²) in [7, 11) is 1.60. The van der Waals surface area contributed by atoms with Crippen LogP contribution >= 0.6 is 0 Å². The quantitative estimate of drug-likeness (QED) is 0.791. The molecular weight excluding hydrogens is 190 g/mol. The van der Waals surface area contributed by atoms with Gasteiger partial charge in [-0.2, -0.15) is 5.26 Å². The third-order valence-electron chi connectivity index (χ3n) is 2.06. The highest BCUT2D eigenvalue weighted by molar-refractivity contribution is 5.20. The highest BCUT2D eigenvalue weighted by Crippen LogP contribution is 2.08. The molecule has 0 spiro atoms. The Balaban J connectivity index is 2.47. The van der Waals surface area contributed by atoms with Gasteiger partial charge in [0.05, 0.1) is 19.6 Å². The Morgan fingerprint density at radius 1 is 1.67 bits per heavy atom. The third-order valence-corrected chi connectivity index (χ3v) is 2.06. The second-order valence-electron chi connectivity index (χ2n) is 3.35. The van der Waals surface area contributed by atoms with Crippen molar-refractivity contribution in [3.8, 4) is 11.9 Å². The molecule has 1 atom stereocenters. The number of pyridine rings is 1. The van der Waals surface area contributed by atoms with E-state index >= 15 is 0 Å². The summed E-state index contributed by atoms with van der Waals surface area (Å²) in [5.74, 6) is 0.613. The van der Waals surface area contributed by atoms with E-state index in [0.29, 0.717) is 12.3 Å². The minimum atomic E-state index is 0.203. The van der Waals surface area contributed by atoms with Gasteiger partial charge in [0.1, 0.15) is 0 Å². The SMILES string of the molecule is COc1cc(CNC(C)CC#N)ccn1. The molecular formula is C11H15N3O. The molecule has 0 aromatic carbocycles. The van der Waals surface area contributed by atoms with Crippen molar-refractivity contribution in [2.75, 3.05) is 7.11 Å². The van der Waals surface area contributed by atoms with Gasteiger partial charge in [-0.3, -0.25) is 0 Å². The van der Waals surface area contributed by atoms with E-state index in [4.69, 9.17) is 10.00 Å². The zero-order chi connectivity index (χ0) is 11.1. The van der Waals surface area contributed by atoms with Gasteiger partial charge in [-0.1, -0.05) is 0 Å². The molecule has 1 aromatic rings. The number of nitriles is 1. The van der Waals surface area contributed by atoms with Gasteiger partial charge >= 0.3 is 0 Å². The Labute approximate surface area is 89.9 Å². The van der Waals surface area contributed by atoms with Gasteiger partial charge in [0.15, 0.2) is 0 Å². The first-order chi connectivity index (χ1) is 7.26. The third kappa shape index (κ3) is 3.96. The molecule has 0 bridgehead atoms. The summed E-state index contributed by atoms with van der Waals surface area (Å²) in [4.78, 5) is 4.02. The fourth-order valence-electron chi connectivity index (χ4n) is 1.17. The van der Waals surface area contributed by atoms with Crippen LogP contribution in [0.15, 0.2) is 18.3 Å². The van der Waals surface area contributed by atoms with Crippen LogP contribution in [0.2, 0.25) is 0 Å². The van der Waals surface area contributed by atoms with Crippen molar-refractivity contribution in [2.24, 2.45) is 0 Å². The molecule has 1 heterocycles. The topological polar surface area (TPSA) is 57.9 Å². The average Bonchev–Trinajstić information content (AvgIpc) is 2.27. The van der Waals surface area contributed by atoms with Crippen LogP contribution < -0.4 is 10.1 Å². The first-order valence-corrected chi connectivity index (χ1v) is 4.85. The van der Waals surface area contributed by atoms with Gasteiger partial charge in [-0.25, -0.2) is 4.98 Å². The van der Waals surface area contributed by atoms with Crippen molar-refractivity contribution in [1.82, 2.24) is 10.3 Å². The second kappa shape index (κ2) is 5.99. The van der Waals surface area contributed by atoms with Crippen molar-refractivity contribution < 1.29 is 4.74 Å². The number of aromatic nitrogens is 1. The van der Waals surface area contributed by atoms with E-state index in [1.54, 1.807) is 13.3 Å². The van der Waals surface area contributed by atoms with Crippen molar-refractivity contribution in [2.45, 2.75) is 25.9 Å². The molecule has 1 rings (SSSR count). The van der Waals surface area contributed by atoms with Gasteiger partial charge in [0.2, 0.25) is 5.88 Å². The molecule has 4 heteroatoms. The number of hydrogen-bond acceptors (Lipinski definition) is 4. The Morgan fingerprint density at radius 3 is 3.13 bits per heavy atom. The summed E-state index contributed by atoms with van der Waals surface area (Å²) in [6.45, 7) is 2.71. The van der Waals surface area contributed by atoms with Gasteiger partial charge in [0, 0.05) is 24.8 Å². The number of rotatable bonds is 5. The number of nitrogens with one attached hydrogen (secondary N) is 1. The van der Waals surface area contributed by atoms with Gasteiger partial charge < -0.3 is 10.1 Å². The first kappa shape index (κ1) is 11.5. The average molecular weight is 205 g/mol. The number of nitrogens with zero attached hydrogens (tertiary/aromatic N) is 2. The van der Waals surface area contributed by atoms with Crippen LogP contribution in [0.5, 0.6) is 5.88 Å². The minimum absolute atomic E-state index is 0.203.